The number of carbonyl (C=O) groups is 1. The Morgan fingerprint density at radius 1 is 1.39 bits per heavy atom. The van der Waals surface area contributed by atoms with Crippen LogP contribution in [0.15, 0.2) is 18.2 Å². The van der Waals surface area contributed by atoms with Gasteiger partial charge in [-0.25, -0.2) is 0 Å². The Morgan fingerprint density at radius 2 is 2.06 bits per heavy atom. The molecule has 7 heteroatoms. The van der Waals surface area contributed by atoms with Gasteiger partial charge in [0.05, 0.1) is 17.8 Å². The number of halogens is 3. The third kappa shape index (κ3) is 3.92. The average Bonchev–Trinajstić information content (AvgIpc) is 2.28. The van der Waals surface area contributed by atoms with Crippen LogP contribution in [0.4, 0.5) is 18.9 Å². The lowest BCUT2D eigenvalue weighted by Gasteiger charge is -2.11. The Bertz CT molecular complexity index is 433. The zero-order valence-corrected chi connectivity index (χ0v) is 9.64. The average molecular weight is 262 g/mol. The fraction of sp³-hybridized carbons (Fsp3) is 0.364. The molecule has 3 N–H and O–H groups in total. The molecule has 1 aromatic carbocycles. The first-order valence-electron chi connectivity index (χ1n) is 5.25. The van der Waals surface area contributed by atoms with Crippen LogP contribution in [0.1, 0.15) is 12.5 Å². The summed E-state index contributed by atoms with van der Waals surface area (Å²) in [6.07, 6.45) is -4.52. The van der Waals surface area contributed by atoms with E-state index in [0.29, 0.717) is 12.6 Å². The molecule has 0 radical (unpaired) electrons. The Morgan fingerprint density at radius 3 is 2.61 bits per heavy atom. The van der Waals surface area contributed by atoms with Crippen molar-refractivity contribution >= 4 is 11.6 Å². The van der Waals surface area contributed by atoms with Crippen LogP contribution in [0.3, 0.4) is 0 Å². The molecule has 18 heavy (non-hydrogen) atoms. The van der Waals surface area contributed by atoms with Gasteiger partial charge in [0.2, 0.25) is 5.91 Å². The van der Waals surface area contributed by atoms with Crippen molar-refractivity contribution in [3.63, 3.8) is 0 Å². The first kappa shape index (κ1) is 14.3. The van der Waals surface area contributed by atoms with Crippen molar-refractivity contribution in [2.45, 2.75) is 13.1 Å². The summed E-state index contributed by atoms with van der Waals surface area (Å²) in [5.74, 6) is -0.931. The van der Waals surface area contributed by atoms with Crippen molar-refractivity contribution in [1.29, 1.82) is 0 Å². The molecule has 4 nitrogen and oxygen atoms in total. The molecule has 0 saturated heterocycles. The van der Waals surface area contributed by atoms with E-state index in [1.807, 2.05) is 0 Å². The van der Waals surface area contributed by atoms with Crippen molar-refractivity contribution in [1.82, 2.24) is 5.32 Å². The SMILES string of the molecule is CCNCC(=O)Nc1cc(C(F)(F)F)ccc1O. The summed E-state index contributed by atoms with van der Waals surface area (Å²) in [6, 6.07) is 2.33. The summed E-state index contributed by atoms with van der Waals surface area (Å²) in [4.78, 5) is 11.3. The van der Waals surface area contributed by atoms with Gasteiger partial charge in [0.1, 0.15) is 5.75 Å². The molecule has 0 aliphatic carbocycles. The van der Waals surface area contributed by atoms with Gasteiger partial charge in [0.15, 0.2) is 0 Å². The Balaban J connectivity index is 2.85. The summed E-state index contributed by atoms with van der Waals surface area (Å²) in [5.41, 5.74) is -1.19. The molecule has 1 aromatic rings. The normalized spacial score (nSPS) is 11.3. The van der Waals surface area contributed by atoms with E-state index in [0.717, 1.165) is 12.1 Å². The fourth-order valence-corrected chi connectivity index (χ4v) is 1.25. The van der Waals surface area contributed by atoms with Crippen LogP contribution in [0.25, 0.3) is 0 Å². The van der Waals surface area contributed by atoms with E-state index in [-0.39, 0.29) is 12.2 Å². The molecule has 0 aliphatic rings. The predicted octanol–water partition coefficient (Wildman–Crippen LogP) is 1.96. The minimum absolute atomic E-state index is 0.0355. The molecule has 0 aliphatic heterocycles. The largest absolute Gasteiger partial charge is 0.506 e. The number of alkyl halides is 3. The maximum absolute atomic E-state index is 12.4. The minimum Gasteiger partial charge on any atom is -0.506 e. The second kappa shape index (κ2) is 5.72. The van der Waals surface area contributed by atoms with Crippen LogP contribution in [0, 0.1) is 0 Å². The summed E-state index contributed by atoms with van der Waals surface area (Å²) in [5, 5.41) is 14.3. The number of phenols is 1. The van der Waals surface area contributed by atoms with Gasteiger partial charge in [-0.2, -0.15) is 13.2 Å². The van der Waals surface area contributed by atoms with Crippen molar-refractivity contribution in [2.24, 2.45) is 0 Å². The number of hydrogen-bond donors (Lipinski definition) is 3. The van der Waals surface area contributed by atoms with Crippen LogP contribution in [0.5, 0.6) is 5.75 Å². The van der Waals surface area contributed by atoms with E-state index >= 15 is 0 Å². The number of carbonyl (C=O) groups excluding carboxylic acids is 1. The molecule has 0 atom stereocenters. The van der Waals surface area contributed by atoms with Crippen molar-refractivity contribution in [2.75, 3.05) is 18.4 Å². The Labute approximate surface area is 102 Å². The van der Waals surface area contributed by atoms with Crippen molar-refractivity contribution in [3.8, 4) is 5.75 Å². The molecule has 1 amide bonds. The van der Waals surface area contributed by atoms with E-state index in [4.69, 9.17) is 0 Å². The number of anilines is 1. The minimum atomic E-state index is -4.52. The lowest BCUT2D eigenvalue weighted by molar-refractivity contribution is -0.137. The molecule has 0 fully saturated rings. The summed E-state index contributed by atoms with van der Waals surface area (Å²) >= 11 is 0. The predicted molar refractivity (Wildman–Crippen MR) is 60.3 cm³/mol. The van der Waals surface area contributed by atoms with E-state index in [1.165, 1.54) is 0 Å². The number of rotatable bonds is 4. The zero-order valence-electron chi connectivity index (χ0n) is 9.64. The smallest absolute Gasteiger partial charge is 0.416 e. The van der Waals surface area contributed by atoms with Gasteiger partial charge < -0.3 is 15.7 Å². The molecular weight excluding hydrogens is 249 g/mol. The third-order valence-electron chi connectivity index (χ3n) is 2.13. The number of amides is 1. The molecule has 1 rings (SSSR count). The van der Waals surface area contributed by atoms with Crippen LogP contribution < -0.4 is 10.6 Å². The summed E-state index contributed by atoms with van der Waals surface area (Å²) < 4.78 is 37.3. The van der Waals surface area contributed by atoms with Gasteiger partial charge in [-0.05, 0) is 24.7 Å². The topological polar surface area (TPSA) is 61.4 Å². The molecule has 0 unspecified atom stereocenters. The van der Waals surface area contributed by atoms with E-state index in [9.17, 15) is 23.1 Å². The number of aromatic hydroxyl groups is 1. The zero-order chi connectivity index (χ0) is 13.8. The van der Waals surface area contributed by atoms with Gasteiger partial charge in [0, 0.05) is 0 Å². The number of benzene rings is 1. The highest BCUT2D eigenvalue weighted by atomic mass is 19.4. The Kier molecular flexibility index (Phi) is 4.55. The van der Waals surface area contributed by atoms with Crippen LogP contribution in [-0.4, -0.2) is 24.1 Å². The van der Waals surface area contributed by atoms with Crippen LogP contribution in [0.2, 0.25) is 0 Å². The highest BCUT2D eigenvalue weighted by Crippen LogP contribution is 2.34. The van der Waals surface area contributed by atoms with Crippen molar-refractivity contribution < 1.29 is 23.1 Å². The van der Waals surface area contributed by atoms with Crippen molar-refractivity contribution in [3.05, 3.63) is 23.8 Å². The monoisotopic (exact) mass is 262 g/mol. The molecule has 0 spiro atoms. The van der Waals surface area contributed by atoms with Crippen LogP contribution >= 0.6 is 0 Å². The quantitative estimate of drug-likeness (QED) is 0.727. The lowest BCUT2D eigenvalue weighted by Crippen LogP contribution is -2.27. The van der Waals surface area contributed by atoms with E-state index < -0.39 is 23.4 Å². The van der Waals surface area contributed by atoms with Gasteiger partial charge >= 0.3 is 6.18 Å². The molecule has 0 bridgehead atoms. The molecule has 0 heterocycles. The van der Waals surface area contributed by atoms with Gasteiger partial charge in [-0.15, -0.1) is 0 Å². The lowest BCUT2D eigenvalue weighted by atomic mass is 10.2. The standard InChI is InChI=1S/C11H13F3N2O2/c1-2-15-6-10(18)16-8-5-7(11(12,13)14)3-4-9(8)17/h3-5,15,17H,2,6H2,1H3,(H,16,18). The molecular formula is C11H13F3N2O2. The molecule has 0 saturated carbocycles. The van der Waals surface area contributed by atoms with E-state index in [2.05, 4.69) is 10.6 Å². The number of phenolic OH excluding ortho intramolecular Hbond substituents is 1. The summed E-state index contributed by atoms with van der Waals surface area (Å²) in [6.45, 7) is 2.31. The summed E-state index contributed by atoms with van der Waals surface area (Å²) in [7, 11) is 0. The van der Waals surface area contributed by atoms with E-state index in [1.54, 1.807) is 6.92 Å². The third-order valence-corrected chi connectivity index (χ3v) is 2.13. The first-order valence-corrected chi connectivity index (χ1v) is 5.25. The maximum Gasteiger partial charge on any atom is 0.416 e. The number of nitrogens with one attached hydrogen (secondary N) is 2. The highest BCUT2D eigenvalue weighted by Gasteiger charge is 2.31. The second-order valence-electron chi connectivity index (χ2n) is 3.56. The second-order valence-corrected chi connectivity index (χ2v) is 3.56. The van der Waals surface area contributed by atoms with Gasteiger partial charge in [0.25, 0.3) is 0 Å². The number of hydrogen-bond acceptors (Lipinski definition) is 3. The number of likely N-dealkylation sites (N-methyl/N-ethyl adjacent to an activating group) is 1. The van der Waals surface area contributed by atoms with Gasteiger partial charge in [-0.3, -0.25) is 4.79 Å². The fourth-order valence-electron chi connectivity index (χ4n) is 1.25. The first-order chi connectivity index (χ1) is 8.34. The maximum atomic E-state index is 12.4. The van der Waals surface area contributed by atoms with Crippen LogP contribution in [-0.2, 0) is 11.0 Å². The molecule has 0 aromatic heterocycles. The van der Waals surface area contributed by atoms with Gasteiger partial charge in [-0.1, -0.05) is 6.92 Å². The molecule has 100 valence electrons. The Hall–Kier alpha value is -1.76. The highest BCUT2D eigenvalue weighted by molar-refractivity contribution is 5.93.